The van der Waals surface area contributed by atoms with E-state index in [1.54, 1.807) is 0 Å². The maximum atomic E-state index is 5.88. The molecular weight excluding hydrogens is 152 g/mol. The van der Waals surface area contributed by atoms with Gasteiger partial charge < -0.3 is 9.47 Å². The molecule has 0 N–H and O–H groups in total. The van der Waals surface area contributed by atoms with Crippen molar-refractivity contribution in [2.24, 2.45) is 0 Å². The second-order valence-corrected chi connectivity index (χ2v) is 4.67. The molecule has 1 saturated heterocycles. The molecule has 0 saturated carbocycles. The summed E-state index contributed by atoms with van der Waals surface area (Å²) in [5.74, 6) is 0. The molecule has 0 aromatic carbocycles. The lowest BCUT2D eigenvalue weighted by Crippen LogP contribution is -2.59. The van der Waals surface area contributed by atoms with Gasteiger partial charge in [-0.15, -0.1) is 0 Å². The highest BCUT2D eigenvalue weighted by atomic mass is 16.6. The van der Waals surface area contributed by atoms with E-state index in [0.29, 0.717) is 0 Å². The van der Waals surface area contributed by atoms with Crippen LogP contribution in [0.5, 0.6) is 0 Å². The van der Waals surface area contributed by atoms with E-state index in [9.17, 15) is 0 Å². The van der Waals surface area contributed by atoms with Gasteiger partial charge in [0.1, 0.15) is 0 Å². The van der Waals surface area contributed by atoms with Crippen molar-refractivity contribution in [3.05, 3.63) is 0 Å². The molecule has 0 bridgehead atoms. The third-order valence-corrected chi connectivity index (χ3v) is 3.07. The van der Waals surface area contributed by atoms with Crippen molar-refractivity contribution >= 4 is 0 Å². The van der Waals surface area contributed by atoms with Crippen molar-refractivity contribution in [3.63, 3.8) is 0 Å². The van der Waals surface area contributed by atoms with Crippen molar-refractivity contribution in [2.75, 3.05) is 0 Å². The summed E-state index contributed by atoms with van der Waals surface area (Å²) in [6.07, 6.45) is 0.376. The Balaban J connectivity index is 2.80. The van der Waals surface area contributed by atoms with E-state index < -0.39 is 0 Å². The van der Waals surface area contributed by atoms with Gasteiger partial charge in [0.15, 0.2) is 0 Å². The van der Waals surface area contributed by atoms with Crippen LogP contribution >= 0.6 is 0 Å². The fourth-order valence-corrected chi connectivity index (χ4v) is 1.40. The summed E-state index contributed by atoms with van der Waals surface area (Å²) < 4.78 is 11.8. The van der Waals surface area contributed by atoms with E-state index in [1.165, 1.54) is 0 Å². The van der Waals surface area contributed by atoms with Crippen molar-refractivity contribution < 1.29 is 9.47 Å². The lowest BCUT2D eigenvalue weighted by atomic mass is 9.87. The molecule has 1 aliphatic rings. The first-order chi connectivity index (χ1) is 5.26. The Morgan fingerprint density at radius 1 is 0.750 bits per heavy atom. The molecule has 1 fully saturated rings. The second-order valence-electron chi connectivity index (χ2n) is 4.67. The van der Waals surface area contributed by atoms with Crippen LogP contribution in [0.25, 0.3) is 0 Å². The van der Waals surface area contributed by atoms with E-state index in [-0.39, 0.29) is 23.4 Å². The van der Waals surface area contributed by atoms with Crippen LogP contribution < -0.4 is 0 Å². The van der Waals surface area contributed by atoms with Crippen LogP contribution in [0, 0.1) is 0 Å². The highest BCUT2D eigenvalue weighted by molar-refractivity contribution is 4.94. The monoisotopic (exact) mass is 172 g/mol. The maximum Gasteiger partial charge on any atom is 0.0914 e. The van der Waals surface area contributed by atoms with Crippen molar-refractivity contribution in [3.8, 4) is 0 Å². The average molecular weight is 172 g/mol. The Bertz CT molecular complexity index is 153. The molecule has 0 unspecified atom stereocenters. The Labute approximate surface area is 75.2 Å². The molecule has 0 aromatic rings. The maximum absolute atomic E-state index is 5.88. The highest BCUT2D eigenvalue weighted by Crippen LogP contribution is 2.36. The largest absolute Gasteiger partial charge is 0.367 e. The summed E-state index contributed by atoms with van der Waals surface area (Å²) in [4.78, 5) is 0. The zero-order valence-electron chi connectivity index (χ0n) is 8.97. The lowest BCUT2D eigenvalue weighted by molar-refractivity contribution is -0.285. The van der Waals surface area contributed by atoms with Gasteiger partial charge in [0, 0.05) is 0 Å². The van der Waals surface area contributed by atoms with Gasteiger partial charge in [-0.2, -0.15) is 0 Å². The van der Waals surface area contributed by atoms with Crippen LogP contribution in [0.3, 0.4) is 0 Å². The molecule has 1 aliphatic heterocycles. The summed E-state index contributed by atoms with van der Waals surface area (Å²) in [6.45, 7) is 12.4. The van der Waals surface area contributed by atoms with Gasteiger partial charge in [-0.3, -0.25) is 0 Å². The zero-order valence-corrected chi connectivity index (χ0v) is 8.97. The van der Waals surface area contributed by atoms with E-state index >= 15 is 0 Å². The Kier molecular flexibility index (Phi) is 2.26. The fraction of sp³-hybridized carbons (Fsp3) is 1.00. The van der Waals surface area contributed by atoms with Gasteiger partial charge >= 0.3 is 0 Å². The SMILES string of the molecule is C[C@@H]1OC(C)(C)C(C)(C)O[C@@H]1C. The predicted octanol–water partition coefficient (Wildman–Crippen LogP) is 2.37. The van der Waals surface area contributed by atoms with Crippen LogP contribution in [0.15, 0.2) is 0 Å². The minimum Gasteiger partial charge on any atom is -0.367 e. The Hall–Kier alpha value is -0.0800. The number of hydrogen-bond acceptors (Lipinski definition) is 2. The van der Waals surface area contributed by atoms with Gasteiger partial charge in [-0.25, -0.2) is 0 Å². The number of ether oxygens (including phenoxy) is 2. The molecular formula is C10H20O2. The minimum absolute atomic E-state index is 0.188. The van der Waals surface area contributed by atoms with Crippen LogP contribution in [-0.2, 0) is 9.47 Å². The van der Waals surface area contributed by atoms with Crippen LogP contribution in [0.4, 0.5) is 0 Å². The molecule has 72 valence electrons. The summed E-state index contributed by atoms with van der Waals surface area (Å²) in [5.41, 5.74) is -0.391. The third kappa shape index (κ3) is 1.50. The normalized spacial score (nSPS) is 39.5. The molecule has 0 aromatic heterocycles. The van der Waals surface area contributed by atoms with Crippen molar-refractivity contribution in [2.45, 2.75) is 65.0 Å². The van der Waals surface area contributed by atoms with Crippen molar-refractivity contribution in [1.82, 2.24) is 0 Å². The first-order valence-corrected chi connectivity index (χ1v) is 4.62. The summed E-state index contributed by atoms with van der Waals surface area (Å²) in [6, 6.07) is 0. The molecule has 0 spiro atoms. The second kappa shape index (κ2) is 2.71. The van der Waals surface area contributed by atoms with Gasteiger partial charge in [-0.1, -0.05) is 0 Å². The molecule has 2 heteroatoms. The molecule has 1 rings (SSSR count). The Morgan fingerprint density at radius 2 is 1.00 bits per heavy atom. The summed E-state index contributed by atoms with van der Waals surface area (Å²) in [7, 11) is 0. The number of hydrogen-bond donors (Lipinski definition) is 0. The van der Waals surface area contributed by atoms with Gasteiger partial charge in [-0.05, 0) is 41.5 Å². The molecule has 2 atom stereocenters. The molecule has 2 nitrogen and oxygen atoms in total. The molecule has 0 amide bonds. The first-order valence-electron chi connectivity index (χ1n) is 4.62. The highest BCUT2D eigenvalue weighted by Gasteiger charge is 2.46. The predicted molar refractivity (Wildman–Crippen MR) is 49.3 cm³/mol. The summed E-state index contributed by atoms with van der Waals surface area (Å²) in [5, 5.41) is 0. The molecule has 0 aliphatic carbocycles. The number of rotatable bonds is 0. The Morgan fingerprint density at radius 3 is 1.25 bits per heavy atom. The third-order valence-electron chi connectivity index (χ3n) is 3.07. The van der Waals surface area contributed by atoms with Crippen LogP contribution in [0.2, 0.25) is 0 Å². The first kappa shape index (κ1) is 10.0. The molecule has 12 heavy (non-hydrogen) atoms. The van der Waals surface area contributed by atoms with E-state index in [1.807, 2.05) is 0 Å². The average Bonchev–Trinajstić information content (AvgIpc) is 1.82. The fourth-order valence-electron chi connectivity index (χ4n) is 1.40. The summed E-state index contributed by atoms with van der Waals surface area (Å²) >= 11 is 0. The minimum atomic E-state index is -0.196. The van der Waals surface area contributed by atoms with Gasteiger partial charge in [0.25, 0.3) is 0 Å². The van der Waals surface area contributed by atoms with Gasteiger partial charge in [0.2, 0.25) is 0 Å². The van der Waals surface area contributed by atoms with E-state index in [4.69, 9.17) is 9.47 Å². The van der Waals surface area contributed by atoms with Gasteiger partial charge in [0.05, 0.1) is 23.4 Å². The smallest absolute Gasteiger partial charge is 0.0914 e. The van der Waals surface area contributed by atoms with E-state index in [2.05, 4.69) is 41.5 Å². The topological polar surface area (TPSA) is 18.5 Å². The van der Waals surface area contributed by atoms with Crippen LogP contribution in [0.1, 0.15) is 41.5 Å². The van der Waals surface area contributed by atoms with E-state index in [0.717, 1.165) is 0 Å². The molecule has 0 radical (unpaired) electrons. The zero-order chi connectivity index (χ0) is 9.57. The standard InChI is InChI=1S/C10H20O2/c1-7-8(2)12-10(5,6)9(3,4)11-7/h7-8H,1-6H3/t7-,8+. The quantitative estimate of drug-likeness (QED) is 0.558. The lowest BCUT2D eigenvalue weighted by Gasteiger charge is -2.50. The van der Waals surface area contributed by atoms with Crippen LogP contribution in [-0.4, -0.2) is 23.4 Å². The molecule has 1 heterocycles. The van der Waals surface area contributed by atoms with Crippen molar-refractivity contribution in [1.29, 1.82) is 0 Å².